The smallest absolute Gasteiger partial charge is 0.324 e. The third-order valence-corrected chi connectivity index (χ3v) is 21.3. The molecule has 2 aromatic carbocycles. The van der Waals surface area contributed by atoms with E-state index in [1.54, 1.807) is 75.2 Å². The topological polar surface area (TPSA) is 391 Å². The van der Waals surface area contributed by atoms with Gasteiger partial charge < -0.3 is 56.6 Å². The molecule has 0 saturated carbocycles. The molecule has 15 heterocycles. The Kier molecular flexibility index (Phi) is 21.9. The average Bonchev–Trinajstić information content (AvgIpc) is 1.64. The number of hydrogen-bond donors (Lipinski definition) is 4. The lowest BCUT2D eigenvalue weighted by Gasteiger charge is -2.37. The summed E-state index contributed by atoms with van der Waals surface area (Å²) in [4.78, 5) is 68.2. The molecule has 0 unspecified atom stereocenters. The van der Waals surface area contributed by atoms with Crippen molar-refractivity contribution in [3.05, 3.63) is 212 Å². The van der Waals surface area contributed by atoms with E-state index < -0.39 is 6.10 Å². The van der Waals surface area contributed by atoms with Crippen LogP contribution in [0.2, 0.25) is 0 Å². The first-order valence-electron chi connectivity index (χ1n) is 38.2. The van der Waals surface area contributed by atoms with Gasteiger partial charge in [0.1, 0.15) is 52.4 Å². The molecule has 0 radical (unpaired) electrons. The van der Waals surface area contributed by atoms with Crippen molar-refractivity contribution in [3.8, 4) is 85.1 Å². The first kappa shape index (κ1) is 77.2. The van der Waals surface area contributed by atoms with Gasteiger partial charge >= 0.3 is 12.1 Å². The summed E-state index contributed by atoms with van der Waals surface area (Å²) in [5.74, 6) is 2.71. The molecule has 1 atom stereocenters. The molecule has 3 saturated heterocycles. The number of benzene rings is 2. The number of aliphatic hydroxyl groups is 1. The normalized spacial score (nSPS) is 13.8. The number of aliphatic hydroxyl groups excluding tert-OH is 1. The summed E-state index contributed by atoms with van der Waals surface area (Å²) in [6.07, 6.45) is 19.0. The fourth-order valence-corrected chi connectivity index (χ4v) is 15.0. The lowest BCUT2D eigenvalue weighted by molar-refractivity contribution is -0.140. The van der Waals surface area contributed by atoms with E-state index >= 15 is 0 Å². The highest BCUT2D eigenvalue weighted by molar-refractivity contribution is 5.94. The third-order valence-electron chi connectivity index (χ3n) is 21.3. The maximum Gasteiger partial charge on any atom is 0.324 e. The number of para-hydroxylation sites is 1. The number of nitrogen functional groups attached to an aromatic ring is 3. The van der Waals surface area contributed by atoms with Gasteiger partial charge in [0.05, 0.1) is 34.6 Å². The number of anilines is 7. The van der Waals surface area contributed by atoms with Crippen molar-refractivity contribution in [3.63, 3.8) is 0 Å². The number of aryl methyl sites for hydroxylation is 3. The van der Waals surface area contributed by atoms with E-state index in [1.165, 1.54) is 0 Å². The zero-order chi connectivity index (χ0) is 81.7. The summed E-state index contributed by atoms with van der Waals surface area (Å²) in [6.45, 7) is 12.9. The number of nitriles is 3. The van der Waals surface area contributed by atoms with Crippen LogP contribution in [0.4, 0.5) is 50.2 Å². The van der Waals surface area contributed by atoms with E-state index in [1.807, 2.05) is 208 Å². The molecular weight excluding hydrogens is 1480 g/mol. The number of rotatable bonds is 14. The second-order valence-corrected chi connectivity index (χ2v) is 28.5. The minimum atomic E-state index is -1.17. The molecule has 33 nitrogen and oxygen atoms in total. The number of nitrogens with zero attached hydrogens (tertiary/aromatic N) is 26. The summed E-state index contributed by atoms with van der Waals surface area (Å²) >= 11 is 0. The molecule has 0 spiro atoms. The quantitative estimate of drug-likeness (QED) is 0.0788. The van der Waals surface area contributed by atoms with E-state index in [9.17, 15) is 35.3 Å². The van der Waals surface area contributed by atoms with Crippen LogP contribution in [0.15, 0.2) is 189 Å². The largest absolute Gasteiger partial charge is 0.381 e. The maximum absolute atomic E-state index is 13.0. The Labute approximate surface area is 673 Å². The fraction of sp³-hybridized carbons (Fsp3) is 0.250. The van der Waals surface area contributed by atoms with Crippen LogP contribution in [-0.2, 0) is 25.9 Å². The van der Waals surface area contributed by atoms with Crippen LogP contribution < -0.4 is 36.8 Å². The number of amides is 5. The monoisotopic (exact) mass is 1560 g/mol. The molecule has 3 aliphatic rings. The Bertz CT molecular complexity index is 5840. The van der Waals surface area contributed by atoms with Crippen molar-refractivity contribution in [2.75, 3.05) is 135 Å². The Hall–Kier alpha value is -15.2. The van der Waals surface area contributed by atoms with Gasteiger partial charge in [-0.15, -0.1) is 15.3 Å². The predicted octanol–water partition coefficient (Wildman–Crippen LogP) is 9.10. The second-order valence-electron chi connectivity index (χ2n) is 28.5. The molecule has 0 aliphatic carbocycles. The molecule has 3 fully saturated rings. The highest BCUT2D eigenvalue weighted by Gasteiger charge is 2.31. The van der Waals surface area contributed by atoms with Crippen LogP contribution in [0.25, 0.3) is 83.4 Å². The summed E-state index contributed by atoms with van der Waals surface area (Å²) < 4.78 is 10.1. The third kappa shape index (κ3) is 15.8. The van der Waals surface area contributed by atoms with E-state index in [0.29, 0.717) is 117 Å². The highest BCUT2D eigenvalue weighted by atomic mass is 16.3. The van der Waals surface area contributed by atoms with Crippen LogP contribution in [-0.4, -0.2) is 214 Å². The highest BCUT2D eigenvalue weighted by Crippen LogP contribution is 2.38. The lowest BCUT2D eigenvalue weighted by atomic mass is 10.0. The Balaban J connectivity index is 0.000000138. The first-order valence-corrected chi connectivity index (χ1v) is 38.2. The molecule has 12 aromatic heterocycles. The van der Waals surface area contributed by atoms with E-state index in [4.69, 9.17) is 32.2 Å². The summed E-state index contributed by atoms with van der Waals surface area (Å²) in [5, 5.41) is 66.0. The number of carbonyl (C=O) groups is 3. The molecule has 14 aromatic rings. The average molecular weight is 1560 g/mol. The summed E-state index contributed by atoms with van der Waals surface area (Å²) in [6, 6.07) is 45.0. The second kappa shape index (κ2) is 33.3. The maximum atomic E-state index is 13.0. The minimum Gasteiger partial charge on any atom is -0.381 e. The number of pyridine rings is 6. The van der Waals surface area contributed by atoms with E-state index in [-0.39, 0.29) is 35.4 Å². The van der Waals surface area contributed by atoms with E-state index in [0.717, 1.165) is 103 Å². The van der Waals surface area contributed by atoms with Crippen molar-refractivity contribution in [1.29, 1.82) is 15.8 Å². The van der Waals surface area contributed by atoms with Gasteiger partial charge in [0, 0.05) is 242 Å². The number of hydrogen-bond acceptors (Lipinski definition) is 22. The minimum absolute atomic E-state index is 0.0138. The zero-order valence-electron chi connectivity index (χ0n) is 65.4. The number of urea groups is 2. The van der Waals surface area contributed by atoms with Gasteiger partial charge in [0.25, 0.3) is 5.91 Å². The first-order chi connectivity index (χ1) is 56.8. The SMILES string of the molecule is CCN(CC)C(=O)N1CCN(c2ccc(-c3cc(-c4cnn(C)c4)cn4nc(N)c(C#N)c34)cn2)CC1.CN(C(=O)N1CCN(c2ccc(-c3cc(-c4cnn(C)c4)cn4nc(N)c(C#N)c34)cn2)CC1)c1ccccc1.Cn1ccc(-c2cc(-c3ccc(N4CCN(C(=O)[C@H](O)c5ccccc5)CC4)nc3)c3c(C#N)c(N)nn3c2)n1. The fourth-order valence-electron chi connectivity index (χ4n) is 15.0. The number of carbonyl (C=O) groups excluding carboxylic acids is 3. The summed E-state index contributed by atoms with van der Waals surface area (Å²) in [5.41, 5.74) is 32.7. The Morgan fingerprint density at radius 2 is 0.829 bits per heavy atom. The molecule has 3 aliphatic heterocycles. The van der Waals surface area contributed by atoms with E-state index in [2.05, 4.69) is 63.5 Å². The van der Waals surface area contributed by atoms with Crippen LogP contribution in [0.3, 0.4) is 0 Å². The van der Waals surface area contributed by atoms with Gasteiger partial charge in [-0.3, -0.25) is 23.7 Å². The van der Waals surface area contributed by atoms with Gasteiger partial charge in [-0.2, -0.15) is 31.1 Å². The standard InChI is InChI=1S/C29H28N10O.C29H27N9O2.C26H30N10O/c1-35-18-22(17-33-35)21-14-24(27-25(15-30)28(31)34-39(27)19-21)20-8-9-26(32-16-20)37-10-12-38(13-11-37)29(40)36(2)23-6-4-3-5-7-23;1-35-10-9-24(33-35)21-15-22(26-23(16-30)28(31)34-38(26)18-21)20-7-8-25(32-17-20)36-11-13-37(14-12-36)29(40)27(39)19-5-3-2-4-6-19;1-4-33(5-2)26(37)35-10-8-34(9-11-35)23-7-6-18(14-29-23)21-12-19(20-15-30-32(3)16-20)17-36-24(21)22(13-27)25(28)31-36/h3-9,14,16-19H,10-13H2,1-2H3,(H2,31,34);2-10,15,17-18,27,39H,11-14H2,1H3,(H2,31,34);6-7,12,14-17H,4-5,8-11H2,1-3H3,(H2,28,31)/t;27-;/m.1./s1. The molecule has 7 N–H and O–H groups in total. The van der Waals surface area contributed by atoms with Crippen molar-refractivity contribution < 1.29 is 19.5 Å². The van der Waals surface area contributed by atoms with Crippen molar-refractivity contribution in [1.82, 2.24) is 92.7 Å². The molecule has 590 valence electrons. The van der Waals surface area contributed by atoms with Gasteiger partial charge in [-0.25, -0.2) is 38.1 Å². The number of piperazine rings is 3. The molecule has 33 heteroatoms. The van der Waals surface area contributed by atoms with Gasteiger partial charge in [-0.1, -0.05) is 48.5 Å². The van der Waals surface area contributed by atoms with Gasteiger partial charge in [0.15, 0.2) is 23.6 Å². The summed E-state index contributed by atoms with van der Waals surface area (Å²) in [7, 11) is 7.38. The van der Waals surface area contributed by atoms with Crippen LogP contribution in [0.5, 0.6) is 0 Å². The number of nitrogens with two attached hydrogens (primary N) is 3. The predicted molar refractivity (Wildman–Crippen MR) is 446 cm³/mol. The van der Waals surface area contributed by atoms with Crippen molar-refractivity contribution in [2.24, 2.45) is 21.1 Å². The zero-order valence-corrected chi connectivity index (χ0v) is 65.4. The molecule has 5 amide bonds. The molecular formula is C84H85N29O4. The van der Waals surface area contributed by atoms with Gasteiger partial charge in [-0.05, 0) is 92.2 Å². The molecule has 17 rings (SSSR count). The van der Waals surface area contributed by atoms with Crippen molar-refractivity contribution >= 4 is 75.1 Å². The molecule has 0 bridgehead atoms. The van der Waals surface area contributed by atoms with Crippen LogP contribution in [0.1, 0.15) is 42.2 Å². The van der Waals surface area contributed by atoms with Crippen molar-refractivity contribution in [2.45, 2.75) is 20.0 Å². The number of aromatic nitrogens is 15. The molecule has 117 heavy (non-hydrogen) atoms. The Morgan fingerprint density at radius 1 is 0.444 bits per heavy atom. The number of fused-ring (bicyclic) bond motifs is 3. The van der Waals surface area contributed by atoms with Gasteiger partial charge in [0.2, 0.25) is 0 Å². The Morgan fingerprint density at radius 3 is 1.19 bits per heavy atom. The van der Waals surface area contributed by atoms with Crippen LogP contribution >= 0.6 is 0 Å². The van der Waals surface area contributed by atoms with Crippen LogP contribution in [0, 0.1) is 34.0 Å². The lowest BCUT2D eigenvalue weighted by Crippen LogP contribution is -2.53.